The Labute approximate surface area is 114 Å². The number of hydrogen-bond acceptors (Lipinski definition) is 0. The summed E-state index contributed by atoms with van der Waals surface area (Å²) in [4.78, 5) is 0. The van der Waals surface area contributed by atoms with E-state index in [2.05, 4.69) is 46.0 Å². The van der Waals surface area contributed by atoms with Gasteiger partial charge in [0.1, 0.15) is 0 Å². The first-order valence-corrected chi connectivity index (χ1v) is 10.8. The van der Waals surface area contributed by atoms with Gasteiger partial charge in [0.15, 0.2) is 0 Å². The Morgan fingerprint density at radius 1 is 1.28 bits per heavy atom. The van der Waals surface area contributed by atoms with Gasteiger partial charge in [-0.15, -0.1) is 0 Å². The Morgan fingerprint density at radius 2 is 2.00 bits per heavy atom. The van der Waals surface area contributed by atoms with Gasteiger partial charge in [-0.25, -0.2) is 0 Å². The molecule has 0 N–H and O–H groups in total. The molecule has 100 valence electrons. The largest absolute Gasteiger partial charge is 0.0816 e. The topological polar surface area (TPSA) is 0 Å². The summed E-state index contributed by atoms with van der Waals surface area (Å²) in [6, 6.07) is 6.26. The molecule has 0 aromatic heterocycles. The number of aryl methyl sites for hydroxylation is 1. The van der Waals surface area contributed by atoms with Gasteiger partial charge in [-0.1, -0.05) is 62.7 Å². The fraction of sp³-hybridized carbons (Fsp3) is 0.647. The predicted molar refractivity (Wildman–Crippen MR) is 84.6 cm³/mol. The number of hydrogen-bond donors (Lipinski definition) is 0. The number of benzene rings is 1. The van der Waals surface area contributed by atoms with Gasteiger partial charge in [0.2, 0.25) is 0 Å². The van der Waals surface area contributed by atoms with Gasteiger partial charge in [0, 0.05) is 0 Å². The van der Waals surface area contributed by atoms with Crippen LogP contribution in [0.15, 0.2) is 12.1 Å². The molecule has 0 spiro atoms. The van der Waals surface area contributed by atoms with E-state index in [0.29, 0.717) is 0 Å². The summed E-state index contributed by atoms with van der Waals surface area (Å²) in [5.41, 5.74) is 4.97. The highest BCUT2D eigenvalue weighted by atomic mass is 28.3. The number of rotatable bonds is 4. The Bertz CT molecular complexity index is 431. The van der Waals surface area contributed by atoms with Crippen molar-refractivity contribution in [1.29, 1.82) is 0 Å². The number of fused-ring (bicyclic) bond motifs is 1. The molecule has 0 radical (unpaired) electrons. The highest BCUT2D eigenvalue weighted by Crippen LogP contribution is 2.29. The normalized spacial score (nSPS) is 18.7. The van der Waals surface area contributed by atoms with Crippen LogP contribution in [-0.4, -0.2) is 8.07 Å². The first-order valence-electron chi connectivity index (χ1n) is 7.57. The van der Waals surface area contributed by atoms with Crippen LogP contribution in [0, 0.1) is 12.8 Å². The van der Waals surface area contributed by atoms with E-state index >= 15 is 0 Å². The molecule has 0 saturated carbocycles. The summed E-state index contributed by atoms with van der Waals surface area (Å²) in [5.74, 6) is 0.840. The summed E-state index contributed by atoms with van der Waals surface area (Å²) < 4.78 is 0. The van der Waals surface area contributed by atoms with E-state index in [9.17, 15) is 0 Å². The van der Waals surface area contributed by atoms with E-state index < -0.39 is 8.07 Å². The summed E-state index contributed by atoms with van der Waals surface area (Å²) in [6.45, 7) is 12.1. The van der Waals surface area contributed by atoms with Crippen molar-refractivity contribution in [2.24, 2.45) is 5.92 Å². The molecule has 0 fully saturated rings. The second-order valence-electron chi connectivity index (χ2n) is 6.88. The minimum Gasteiger partial charge on any atom is -0.0654 e. The van der Waals surface area contributed by atoms with Crippen molar-refractivity contribution in [2.45, 2.75) is 65.6 Å². The van der Waals surface area contributed by atoms with Gasteiger partial charge in [-0.3, -0.25) is 0 Å². The lowest BCUT2D eigenvalue weighted by Crippen LogP contribution is -2.39. The summed E-state index contributed by atoms with van der Waals surface area (Å²) in [5, 5.41) is 1.80. The first-order chi connectivity index (χ1) is 8.45. The maximum absolute atomic E-state index is 2.55. The second-order valence-corrected chi connectivity index (χ2v) is 11.6. The second kappa shape index (κ2) is 5.20. The Morgan fingerprint density at radius 3 is 2.67 bits per heavy atom. The molecule has 1 aliphatic rings. The van der Waals surface area contributed by atoms with Crippen molar-refractivity contribution < 1.29 is 0 Å². The SMILES string of the molecule is CCCC(C)Cc1ccc(C)c2c1CC[Si]2(C)C. The van der Waals surface area contributed by atoms with Crippen molar-refractivity contribution in [3.63, 3.8) is 0 Å². The molecular formula is C17H28Si. The molecule has 1 aromatic carbocycles. The van der Waals surface area contributed by atoms with Gasteiger partial charge in [0.05, 0.1) is 8.07 Å². The first kappa shape index (κ1) is 13.9. The summed E-state index contributed by atoms with van der Waals surface area (Å²) in [7, 11) is -1.11. The lowest BCUT2D eigenvalue weighted by Gasteiger charge is -2.21. The van der Waals surface area contributed by atoms with Crippen LogP contribution in [0.5, 0.6) is 0 Å². The zero-order valence-electron chi connectivity index (χ0n) is 12.8. The van der Waals surface area contributed by atoms with Crippen LogP contribution >= 0.6 is 0 Å². The van der Waals surface area contributed by atoms with Crippen molar-refractivity contribution in [1.82, 2.24) is 0 Å². The molecule has 1 heteroatoms. The Hall–Kier alpha value is -0.563. The van der Waals surface area contributed by atoms with Crippen molar-refractivity contribution in [3.8, 4) is 0 Å². The molecule has 2 rings (SSSR count). The third kappa shape index (κ3) is 2.56. The molecule has 18 heavy (non-hydrogen) atoms. The maximum Gasteiger partial charge on any atom is 0.0816 e. The molecule has 0 aliphatic carbocycles. The quantitative estimate of drug-likeness (QED) is 0.702. The fourth-order valence-corrected chi connectivity index (χ4v) is 7.14. The average molecular weight is 260 g/mol. The van der Waals surface area contributed by atoms with Crippen LogP contribution in [0.3, 0.4) is 0 Å². The molecule has 0 nitrogen and oxygen atoms in total. The minimum absolute atomic E-state index is 0.840. The maximum atomic E-state index is 2.55. The van der Waals surface area contributed by atoms with Gasteiger partial charge in [0.25, 0.3) is 0 Å². The van der Waals surface area contributed by atoms with Crippen LogP contribution in [0.4, 0.5) is 0 Å². The Balaban J connectivity index is 2.32. The van der Waals surface area contributed by atoms with Crippen molar-refractivity contribution >= 4 is 13.3 Å². The minimum atomic E-state index is -1.11. The third-order valence-corrected chi connectivity index (χ3v) is 8.19. The van der Waals surface area contributed by atoms with Crippen LogP contribution in [-0.2, 0) is 12.8 Å². The molecule has 0 amide bonds. The van der Waals surface area contributed by atoms with Crippen molar-refractivity contribution in [3.05, 3.63) is 28.8 Å². The van der Waals surface area contributed by atoms with Crippen LogP contribution in [0.25, 0.3) is 0 Å². The molecule has 1 atom stereocenters. The highest BCUT2D eigenvalue weighted by Gasteiger charge is 2.34. The monoisotopic (exact) mass is 260 g/mol. The van der Waals surface area contributed by atoms with Gasteiger partial charge < -0.3 is 0 Å². The lowest BCUT2D eigenvalue weighted by atomic mass is 9.92. The fourth-order valence-electron chi connectivity index (χ4n) is 3.76. The van der Waals surface area contributed by atoms with E-state index in [1.807, 2.05) is 0 Å². The van der Waals surface area contributed by atoms with Gasteiger partial charge in [-0.05, 0) is 42.9 Å². The molecular weight excluding hydrogens is 232 g/mol. The predicted octanol–water partition coefficient (Wildman–Crippen LogP) is 4.45. The standard InChI is InChI=1S/C17H28Si/c1-6-7-13(2)12-15-9-8-14(3)17-16(15)10-11-18(17,4)5/h8-9,13H,6-7,10-12H2,1-5H3. The molecule has 0 saturated heterocycles. The van der Waals surface area contributed by atoms with E-state index in [1.54, 1.807) is 21.9 Å². The third-order valence-electron chi connectivity index (χ3n) is 4.64. The van der Waals surface area contributed by atoms with E-state index in [1.165, 1.54) is 31.7 Å². The average Bonchev–Trinajstić information content (AvgIpc) is 2.60. The molecule has 0 bridgehead atoms. The highest BCUT2D eigenvalue weighted by molar-refractivity contribution is 6.91. The van der Waals surface area contributed by atoms with E-state index in [-0.39, 0.29) is 0 Å². The van der Waals surface area contributed by atoms with E-state index in [0.717, 1.165) is 5.92 Å². The van der Waals surface area contributed by atoms with Gasteiger partial charge >= 0.3 is 0 Å². The zero-order valence-corrected chi connectivity index (χ0v) is 13.8. The molecule has 1 unspecified atom stereocenters. The van der Waals surface area contributed by atoms with Crippen molar-refractivity contribution in [2.75, 3.05) is 0 Å². The van der Waals surface area contributed by atoms with Crippen LogP contribution in [0.2, 0.25) is 19.1 Å². The van der Waals surface area contributed by atoms with E-state index in [4.69, 9.17) is 0 Å². The van der Waals surface area contributed by atoms with Gasteiger partial charge in [-0.2, -0.15) is 0 Å². The molecule has 1 aliphatic heterocycles. The van der Waals surface area contributed by atoms with Crippen LogP contribution < -0.4 is 5.19 Å². The molecule has 1 heterocycles. The zero-order chi connectivity index (χ0) is 13.3. The Kier molecular flexibility index (Phi) is 4.01. The smallest absolute Gasteiger partial charge is 0.0654 e. The summed E-state index contributed by atoms with van der Waals surface area (Å²) in [6.07, 6.45) is 5.32. The van der Waals surface area contributed by atoms with Crippen LogP contribution in [0.1, 0.15) is 43.4 Å². The lowest BCUT2D eigenvalue weighted by molar-refractivity contribution is 0.521. The molecule has 1 aromatic rings. The summed E-state index contributed by atoms with van der Waals surface area (Å²) >= 11 is 0.